The van der Waals surface area contributed by atoms with Crippen LogP contribution in [0.1, 0.15) is 58.8 Å². The monoisotopic (exact) mass is 282 g/mol. The van der Waals surface area contributed by atoms with Crippen molar-refractivity contribution >= 4 is 5.91 Å². The Morgan fingerprint density at radius 3 is 2.55 bits per heavy atom. The first-order valence-electron chi connectivity index (χ1n) is 8.14. The van der Waals surface area contributed by atoms with Crippen molar-refractivity contribution in [2.24, 2.45) is 0 Å². The normalized spacial score (nSPS) is 25.3. The zero-order valence-corrected chi connectivity index (χ0v) is 13.3. The Bertz CT molecular complexity index is 315. The first-order valence-corrected chi connectivity index (χ1v) is 8.14. The Hall–Kier alpha value is -0.610. The van der Waals surface area contributed by atoms with Crippen LogP contribution in [0.4, 0.5) is 0 Å². The fourth-order valence-corrected chi connectivity index (χ4v) is 3.32. The van der Waals surface area contributed by atoms with Gasteiger partial charge in [-0.15, -0.1) is 0 Å². The van der Waals surface area contributed by atoms with Gasteiger partial charge in [0.05, 0.1) is 12.0 Å². The Morgan fingerprint density at radius 1 is 1.35 bits per heavy atom. The van der Waals surface area contributed by atoms with Gasteiger partial charge in [-0.25, -0.2) is 0 Å². The van der Waals surface area contributed by atoms with E-state index in [1.54, 1.807) is 7.11 Å². The lowest BCUT2D eigenvalue weighted by Crippen LogP contribution is -2.51. The summed E-state index contributed by atoms with van der Waals surface area (Å²) in [5.41, 5.74) is -0.162. The van der Waals surface area contributed by atoms with Gasteiger partial charge < -0.3 is 15.0 Å². The third-order valence-electron chi connectivity index (χ3n) is 4.94. The minimum Gasteiger partial charge on any atom is -0.378 e. The maximum absolute atomic E-state index is 12.6. The van der Waals surface area contributed by atoms with Crippen LogP contribution < -0.4 is 5.32 Å². The molecule has 0 bridgehead atoms. The highest BCUT2D eigenvalue weighted by atomic mass is 16.5. The van der Waals surface area contributed by atoms with Gasteiger partial charge in [0.1, 0.15) is 0 Å². The second-order valence-corrected chi connectivity index (χ2v) is 6.70. The molecule has 1 atom stereocenters. The number of carbonyl (C=O) groups excluding carboxylic acids is 1. The molecule has 1 aliphatic heterocycles. The molecule has 0 spiro atoms. The van der Waals surface area contributed by atoms with Gasteiger partial charge >= 0.3 is 0 Å². The molecule has 2 rings (SSSR count). The standard InChI is InChI=1S/C16H30N2O2/c1-13(2)18(12-14-7-4-5-10-17-14)15(19)11-16(20-3)8-6-9-16/h13-14,17H,4-12H2,1-3H3. The van der Waals surface area contributed by atoms with Gasteiger partial charge in [0.2, 0.25) is 5.91 Å². The van der Waals surface area contributed by atoms with Crippen LogP contribution in [0, 0.1) is 0 Å². The van der Waals surface area contributed by atoms with E-state index in [2.05, 4.69) is 19.2 Å². The quantitative estimate of drug-likeness (QED) is 0.813. The second-order valence-electron chi connectivity index (χ2n) is 6.70. The maximum Gasteiger partial charge on any atom is 0.225 e. The van der Waals surface area contributed by atoms with Crippen molar-refractivity contribution in [3.63, 3.8) is 0 Å². The number of rotatable bonds is 6. The van der Waals surface area contributed by atoms with Crippen LogP contribution in [0.5, 0.6) is 0 Å². The smallest absolute Gasteiger partial charge is 0.225 e. The first-order chi connectivity index (χ1) is 9.56. The third kappa shape index (κ3) is 3.73. The summed E-state index contributed by atoms with van der Waals surface area (Å²) in [5.74, 6) is 0.258. The Labute approximate surface area is 123 Å². The largest absolute Gasteiger partial charge is 0.378 e. The molecule has 0 radical (unpaired) electrons. The summed E-state index contributed by atoms with van der Waals surface area (Å²) < 4.78 is 5.60. The molecule has 1 saturated carbocycles. The molecule has 2 fully saturated rings. The molecule has 1 N–H and O–H groups in total. The van der Waals surface area contributed by atoms with Crippen LogP contribution in [-0.2, 0) is 9.53 Å². The second kappa shape index (κ2) is 6.90. The van der Waals surface area contributed by atoms with E-state index < -0.39 is 0 Å². The predicted octanol–water partition coefficient (Wildman–Crippen LogP) is 2.32. The van der Waals surface area contributed by atoms with E-state index in [9.17, 15) is 4.79 Å². The van der Waals surface area contributed by atoms with E-state index in [4.69, 9.17) is 4.74 Å². The average molecular weight is 282 g/mol. The number of ether oxygens (including phenoxy) is 1. The van der Waals surface area contributed by atoms with Gasteiger partial charge in [-0.2, -0.15) is 0 Å². The van der Waals surface area contributed by atoms with Crippen molar-refractivity contribution in [3.05, 3.63) is 0 Å². The average Bonchev–Trinajstić information content (AvgIpc) is 2.41. The number of amides is 1. The molecule has 0 aromatic carbocycles. The summed E-state index contributed by atoms with van der Waals surface area (Å²) in [5, 5.41) is 3.54. The van der Waals surface area contributed by atoms with Crippen LogP contribution in [-0.4, -0.2) is 48.7 Å². The molecule has 4 nitrogen and oxygen atoms in total. The van der Waals surface area contributed by atoms with Crippen LogP contribution in [0.15, 0.2) is 0 Å². The van der Waals surface area contributed by atoms with Crippen LogP contribution >= 0.6 is 0 Å². The Morgan fingerprint density at radius 2 is 2.10 bits per heavy atom. The van der Waals surface area contributed by atoms with E-state index in [1.165, 1.54) is 25.7 Å². The molecule has 1 heterocycles. The van der Waals surface area contributed by atoms with Crippen LogP contribution in [0.2, 0.25) is 0 Å². The Balaban J connectivity index is 1.91. The van der Waals surface area contributed by atoms with Crippen molar-refractivity contribution in [1.29, 1.82) is 0 Å². The van der Waals surface area contributed by atoms with Gasteiger partial charge in [0.25, 0.3) is 0 Å². The van der Waals surface area contributed by atoms with Crippen LogP contribution in [0.25, 0.3) is 0 Å². The molecule has 1 aliphatic carbocycles. The minimum absolute atomic E-state index is 0.162. The van der Waals surface area contributed by atoms with Gasteiger partial charge in [0, 0.05) is 25.7 Å². The predicted molar refractivity (Wildman–Crippen MR) is 80.7 cm³/mol. The zero-order valence-electron chi connectivity index (χ0n) is 13.3. The summed E-state index contributed by atoms with van der Waals surface area (Å²) in [6.07, 6.45) is 7.53. The fourth-order valence-electron chi connectivity index (χ4n) is 3.32. The molecule has 2 aliphatic rings. The van der Waals surface area contributed by atoms with Gasteiger partial charge in [-0.3, -0.25) is 4.79 Å². The molecule has 4 heteroatoms. The van der Waals surface area contributed by atoms with Gasteiger partial charge in [0.15, 0.2) is 0 Å². The van der Waals surface area contributed by atoms with E-state index in [-0.39, 0.29) is 17.6 Å². The number of hydrogen-bond donors (Lipinski definition) is 1. The molecular formula is C16H30N2O2. The molecule has 1 saturated heterocycles. The summed E-state index contributed by atoms with van der Waals surface area (Å²) >= 11 is 0. The van der Waals surface area contributed by atoms with Crippen molar-refractivity contribution in [2.75, 3.05) is 20.2 Å². The molecular weight excluding hydrogens is 252 g/mol. The topological polar surface area (TPSA) is 41.6 Å². The lowest BCUT2D eigenvalue weighted by atomic mass is 9.77. The third-order valence-corrected chi connectivity index (χ3v) is 4.94. The molecule has 0 aromatic rings. The lowest BCUT2D eigenvalue weighted by molar-refractivity contribution is -0.146. The number of piperidine rings is 1. The molecule has 1 amide bonds. The molecule has 116 valence electrons. The van der Waals surface area contributed by atoms with Crippen molar-refractivity contribution < 1.29 is 9.53 Å². The molecule has 0 aromatic heterocycles. The fraction of sp³-hybridized carbons (Fsp3) is 0.938. The SMILES string of the molecule is COC1(CC(=O)N(CC2CCCCN2)C(C)C)CCC1. The maximum atomic E-state index is 12.6. The first kappa shape index (κ1) is 15.8. The van der Waals surface area contributed by atoms with Crippen molar-refractivity contribution in [2.45, 2.75) is 76.5 Å². The lowest BCUT2D eigenvalue weighted by Gasteiger charge is -2.42. The van der Waals surface area contributed by atoms with Gasteiger partial charge in [-0.05, 0) is 52.5 Å². The van der Waals surface area contributed by atoms with E-state index in [0.717, 1.165) is 25.9 Å². The van der Waals surface area contributed by atoms with E-state index in [1.807, 2.05) is 4.90 Å². The summed E-state index contributed by atoms with van der Waals surface area (Å²) in [4.78, 5) is 14.7. The minimum atomic E-state index is -0.162. The number of nitrogens with one attached hydrogen (secondary N) is 1. The summed E-state index contributed by atoms with van der Waals surface area (Å²) in [7, 11) is 1.74. The highest BCUT2D eigenvalue weighted by molar-refractivity contribution is 5.77. The van der Waals surface area contributed by atoms with E-state index >= 15 is 0 Å². The van der Waals surface area contributed by atoms with Crippen molar-refractivity contribution in [1.82, 2.24) is 10.2 Å². The van der Waals surface area contributed by atoms with E-state index in [0.29, 0.717) is 12.5 Å². The molecule has 1 unspecified atom stereocenters. The summed E-state index contributed by atoms with van der Waals surface area (Å²) in [6, 6.07) is 0.732. The zero-order chi connectivity index (χ0) is 14.6. The Kier molecular flexibility index (Phi) is 5.44. The number of methoxy groups -OCH3 is 1. The molecule has 20 heavy (non-hydrogen) atoms. The number of carbonyl (C=O) groups is 1. The van der Waals surface area contributed by atoms with Gasteiger partial charge in [-0.1, -0.05) is 6.42 Å². The number of hydrogen-bond acceptors (Lipinski definition) is 3. The van der Waals surface area contributed by atoms with Crippen molar-refractivity contribution in [3.8, 4) is 0 Å². The van der Waals surface area contributed by atoms with Crippen LogP contribution in [0.3, 0.4) is 0 Å². The summed E-state index contributed by atoms with van der Waals surface area (Å²) in [6.45, 7) is 6.16. The highest BCUT2D eigenvalue weighted by Gasteiger charge is 2.40. The highest BCUT2D eigenvalue weighted by Crippen LogP contribution is 2.38. The number of nitrogens with zero attached hydrogens (tertiary/aromatic N) is 1.